The average Bonchev–Trinajstić information content (AvgIpc) is 2.53. The normalized spacial score (nSPS) is 12.9. The number of ether oxygens (including phenoxy) is 3. The minimum absolute atomic E-state index is 0.0189. The lowest BCUT2D eigenvalue weighted by atomic mass is 10.0. The number of rotatable bonds is 7. The Kier molecular flexibility index (Phi) is 5.44. The van der Waals surface area contributed by atoms with Crippen LogP contribution in [0.3, 0.4) is 0 Å². The molecule has 1 aromatic rings. The SMILES string of the molecule is CCC(C)(Oc1cc([N+](=O)[O-])c(C=O)cc1OC)C(=O)OC. The van der Waals surface area contributed by atoms with Gasteiger partial charge < -0.3 is 14.2 Å². The molecule has 1 unspecified atom stereocenters. The van der Waals surface area contributed by atoms with E-state index in [9.17, 15) is 19.7 Å². The van der Waals surface area contributed by atoms with Crippen molar-refractivity contribution >= 4 is 17.9 Å². The van der Waals surface area contributed by atoms with Gasteiger partial charge in [-0.15, -0.1) is 0 Å². The van der Waals surface area contributed by atoms with Gasteiger partial charge in [0.2, 0.25) is 5.60 Å². The Balaban J connectivity index is 3.39. The highest BCUT2D eigenvalue weighted by Crippen LogP contribution is 2.37. The number of aldehydes is 1. The highest BCUT2D eigenvalue weighted by Gasteiger charge is 2.36. The number of carbonyl (C=O) groups excluding carboxylic acids is 2. The monoisotopic (exact) mass is 311 g/mol. The van der Waals surface area contributed by atoms with Gasteiger partial charge in [-0.3, -0.25) is 14.9 Å². The number of nitro groups is 1. The Hall–Kier alpha value is -2.64. The van der Waals surface area contributed by atoms with Crippen LogP contribution in [0.4, 0.5) is 5.69 Å². The summed E-state index contributed by atoms with van der Waals surface area (Å²) in [5.74, 6) is -0.537. The van der Waals surface area contributed by atoms with E-state index < -0.39 is 22.2 Å². The molecule has 8 heteroatoms. The summed E-state index contributed by atoms with van der Waals surface area (Å²) in [5.41, 5.74) is -1.92. The van der Waals surface area contributed by atoms with Gasteiger partial charge in [-0.1, -0.05) is 6.92 Å². The molecule has 0 aliphatic carbocycles. The number of methoxy groups -OCH3 is 2. The maximum Gasteiger partial charge on any atom is 0.349 e. The van der Waals surface area contributed by atoms with Crippen LogP contribution in [-0.4, -0.2) is 37.0 Å². The molecule has 1 atom stereocenters. The molecule has 0 spiro atoms. The van der Waals surface area contributed by atoms with Gasteiger partial charge in [0.15, 0.2) is 17.8 Å². The quantitative estimate of drug-likeness (QED) is 0.329. The van der Waals surface area contributed by atoms with Gasteiger partial charge in [0.25, 0.3) is 5.69 Å². The predicted molar refractivity (Wildman–Crippen MR) is 76.4 cm³/mol. The number of carbonyl (C=O) groups is 2. The van der Waals surface area contributed by atoms with Gasteiger partial charge in [0.05, 0.1) is 30.8 Å². The molecule has 0 heterocycles. The smallest absolute Gasteiger partial charge is 0.349 e. The first-order chi connectivity index (χ1) is 10.3. The lowest BCUT2D eigenvalue weighted by Gasteiger charge is -2.27. The maximum atomic E-state index is 11.8. The molecule has 8 nitrogen and oxygen atoms in total. The van der Waals surface area contributed by atoms with E-state index in [1.807, 2.05) is 0 Å². The zero-order valence-corrected chi connectivity index (χ0v) is 12.7. The van der Waals surface area contributed by atoms with Crippen LogP contribution in [0.2, 0.25) is 0 Å². The second-order valence-corrected chi connectivity index (χ2v) is 4.61. The molecule has 120 valence electrons. The number of nitro benzene ring substituents is 1. The molecule has 0 aromatic heterocycles. The number of esters is 1. The third-order valence-corrected chi connectivity index (χ3v) is 3.26. The Morgan fingerprint density at radius 2 is 2.00 bits per heavy atom. The fourth-order valence-electron chi connectivity index (χ4n) is 1.77. The number of benzene rings is 1. The summed E-state index contributed by atoms with van der Waals surface area (Å²) in [6.07, 6.45) is 0.621. The van der Waals surface area contributed by atoms with E-state index in [-0.39, 0.29) is 23.5 Å². The van der Waals surface area contributed by atoms with Crippen LogP contribution in [-0.2, 0) is 9.53 Å². The first-order valence-corrected chi connectivity index (χ1v) is 6.42. The van der Waals surface area contributed by atoms with Crippen molar-refractivity contribution in [1.29, 1.82) is 0 Å². The fraction of sp³-hybridized carbons (Fsp3) is 0.429. The summed E-state index contributed by atoms with van der Waals surface area (Å²) in [5, 5.41) is 11.0. The zero-order chi connectivity index (χ0) is 16.9. The minimum Gasteiger partial charge on any atom is -0.493 e. The van der Waals surface area contributed by atoms with Crippen LogP contribution in [0.25, 0.3) is 0 Å². The maximum absolute atomic E-state index is 11.8. The Morgan fingerprint density at radius 3 is 2.41 bits per heavy atom. The zero-order valence-electron chi connectivity index (χ0n) is 12.7. The molecule has 1 rings (SSSR count). The highest BCUT2D eigenvalue weighted by molar-refractivity contribution is 5.84. The predicted octanol–water partition coefficient (Wildman–Crippen LogP) is 2.14. The molecule has 0 aliphatic heterocycles. The fourth-order valence-corrected chi connectivity index (χ4v) is 1.77. The second-order valence-electron chi connectivity index (χ2n) is 4.61. The summed E-state index contributed by atoms with van der Waals surface area (Å²) in [7, 11) is 2.54. The summed E-state index contributed by atoms with van der Waals surface area (Å²) in [6, 6.07) is 2.24. The van der Waals surface area contributed by atoms with Crippen molar-refractivity contribution in [3.63, 3.8) is 0 Å². The van der Waals surface area contributed by atoms with E-state index in [0.29, 0.717) is 6.29 Å². The van der Waals surface area contributed by atoms with Crippen LogP contribution < -0.4 is 9.47 Å². The Bertz CT molecular complexity index is 599. The number of hydrogen-bond donors (Lipinski definition) is 0. The summed E-state index contributed by atoms with van der Waals surface area (Å²) in [4.78, 5) is 33.1. The Morgan fingerprint density at radius 1 is 1.36 bits per heavy atom. The third-order valence-electron chi connectivity index (χ3n) is 3.26. The first-order valence-electron chi connectivity index (χ1n) is 6.42. The van der Waals surface area contributed by atoms with Crippen molar-refractivity contribution in [2.24, 2.45) is 0 Å². The van der Waals surface area contributed by atoms with E-state index in [4.69, 9.17) is 9.47 Å². The van der Waals surface area contributed by atoms with Crippen LogP contribution in [0.1, 0.15) is 30.6 Å². The van der Waals surface area contributed by atoms with Crippen molar-refractivity contribution in [1.82, 2.24) is 0 Å². The van der Waals surface area contributed by atoms with Gasteiger partial charge >= 0.3 is 5.97 Å². The van der Waals surface area contributed by atoms with Gasteiger partial charge in [0, 0.05) is 6.07 Å². The van der Waals surface area contributed by atoms with Crippen LogP contribution in [0.5, 0.6) is 11.5 Å². The first kappa shape index (κ1) is 17.4. The number of nitrogens with zero attached hydrogens (tertiary/aromatic N) is 1. The highest BCUT2D eigenvalue weighted by atomic mass is 16.6. The molecule has 0 bridgehead atoms. The van der Waals surface area contributed by atoms with E-state index >= 15 is 0 Å². The van der Waals surface area contributed by atoms with Crippen molar-refractivity contribution in [2.45, 2.75) is 25.9 Å². The summed E-state index contributed by atoms with van der Waals surface area (Å²) in [6.45, 7) is 3.20. The van der Waals surface area contributed by atoms with E-state index in [1.54, 1.807) is 6.92 Å². The van der Waals surface area contributed by atoms with E-state index in [0.717, 1.165) is 6.07 Å². The van der Waals surface area contributed by atoms with Gasteiger partial charge in [-0.05, 0) is 13.3 Å². The molecule has 0 N–H and O–H groups in total. The van der Waals surface area contributed by atoms with Crippen LogP contribution in [0.15, 0.2) is 12.1 Å². The standard InChI is InChI=1S/C14H17NO7/c1-5-14(2,13(17)21-4)22-12-7-10(15(18)19)9(8-16)6-11(12)20-3/h6-8H,5H2,1-4H3. The van der Waals surface area contributed by atoms with Gasteiger partial charge in [0.1, 0.15) is 0 Å². The largest absolute Gasteiger partial charge is 0.493 e. The molecule has 0 aliphatic rings. The van der Waals surface area contributed by atoms with Crippen molar-refractivity contribution in [2.75, 3.05) is 14.2 Å². The molecular formula is C14H17NO7. The summed E-state index contributed by atoms with van der Waals surface area (Å²) < 4.78 is 15.3. The second kappa shape index (κ2) is 6.88. The van der Waals surface area contributed by atoms with Crippen molar-refractivity contribution in [3.8, 4) is 11.5 Å². The molecule has 0 fully saturated rings. The van der Waals surface area contributed by atoms with Crippen LogP contribution >= 0.6 is 0 Å². The van der Waals surface area contributed by atoms with Gasteiger partial charge in [-0.2, -0.15) is 0 Å². The molecule has 0 radical (unpaired) electrons. The molecule has 0 saturated heterocycles. The van der Waals surface area contributed by atoms with Crippen molar-refractivity contribution in [3.05, 3.63) is 27.8 Å². The minimum atomic E-state index is -1.33. The average molecular weight is 311 g/mol. The van der Waals surface area contributed by atoms with E-state index in [2.05, 4.69) is 4.74 Å². The molecule has 1 aromatic carbocycles. The van der Waals surface area contributed by atoms with E-state index in [1.165, 1.54) is 27.2 Å². The molecular weight excluding hydrogens is 294 g/mol. The number of hydrogen-bond acceptors (Lipinski definition) is 7. The topological polar surface area (TPSA) is 105 Å². The molecule has 22 heavy (non-hydrogen) atoms. The van der Waals surface area contributed by atoms with Crippen LogP contribution in [0, 0.1) is 10.1 Å². The lowest BCUT2D eigenvalue weighted by molar-refractivity contribution is -0.385. The Labute approximate surface area is 127 Å². The summed E-state index contributed by atoms with van der Waals surface area (Å²) >= 11 is 0. The van der Waals surface area contributed by atoms with Gasteiger partial charge in [-0.25, -0.2) is 4.79 Å². The molecule has 0 amide bonds. The lowest BCUT2D eigenvalue weighted by Crippen LogP contribution is -2.41. The third kappa shape index (κ3) is 3.33. The molecule has 0 saturated carbocycles. The van der Waals surface area contributed by atoms with Crippen molar-refractivity contribution < 1.29 is 28.7 Å².